The number of hydrogen-bond donors (Lipinski definition) is 0. The van der Waals surface area contributed by atoms with Gasteiger partial charge in [0.1, 0.15) is 22.2 Å². The minimum Gasteiger partial charge on any atom is -0.450 e. The lowest BCUT2D eigenvalue weighted by atomic mass is 10.1. The van der Waals surface area contributed by atoms with E-state index in [0.717, 1.165) is 77.8 Å². The first kappa shape index (κ1) is 47.4. The van der Waals surface area contributed by atoms with Gasteiger partial charge in [-0.3, -0.25) is 9.13 Å². The first-order valence-electron chi connectivity index (χ1n) is 28.7. The molecule has 10 heteroatoms. The van der Waals surface area contributed by atoms with Crippen molar-refractivity contribution in [1.82, 2.24) is 29.1 Å². The molecule has 0 aliphatic rings. The smallest absolute Gasteiger partial charge is 0.197 e. The predicted octanol–water partition coefficient (Wildman–Crippen LogP) is 21.3. The molecule has 0 radical (unpaired) electrons. The average Bonchev–Trinajstić information content (AvgIpc) is 4.06. The Morgan fingerprint density at radius 3 is 1.08 bits per heavy atom. The van der Waals surface area contributed by atoms with E-state index in [2.05, 4.69) is 228 Å². The summed E-state index contributed by atoms with van der Waals surface area (Å²) in [6, 6.07) is 89.8. The van der Waals surface area contributed by atoms with Crippen molar-refractivity contribution in [3.63, 3.8) is 0 Å². The number of thiophene rings is 2. The van der Waals surface area contributed by atoms with Crippen molar-refractivity contribution in [2.24, 2.45) is 0 Å². The van der Waals surface area contributed by atoms with E-state index >= 15 is 0 Å². The van der Waals surface area contributed by atoms with Crippen LogP contribution in [0.25, 0.3) is 184 Å². The molecule has 0 fully saturated rings. The van der Waals surface area contributed by atoms with Gasteiger partial charge in [0.15, 0.2) is 34.5 Å². The zero-order chi connectivity index (χ0) is 56.1. The van der Waals surface area contributed by atoms with Crippen LogP contribution in [0.3, 0.4) is 0 Å². The van der Waals surface area contributed by atoms with Crippen molar-refractivity contribution < 1.29 is 8.83 Å². The van der Waals surface area contributed by atoms with Gasteiger partial charge in [-0.1, -0.05) is 146 Å². The quantitative estimate of drug-likeness (QED) is 0.174. The molecule has 400 valence electrons. The maximum atomic E-state index is 6.55. The normalized spacial score (nSPS) is 12.2. The van der Waals surface area contributed by atoms with Gasteiger partial charge in [0.25, 0.3) is 0 Å². The van der Waals surface area contributed by atoms with Gasteiger partial charge < -0.3 is 8.83 Å². The number of furan rings is 2. The Bertz CT molecular complexity index is 5880. The topological polar surface area (TPSA) is 87.7 Å². The molecule has 0 amide bonds. The summed E-state index contributed by atoms with van der Waals surface area (Å²) in [6.45, 7) is 0. The summed E-state index contributed by atoms with van der Waals surface area (Å²) in [5.74, 6) is 2.84. The van der Waals surface area contributed by atoms with E-state index in [4.69, 9.17) is 28.8 Å². The van der Waals surface area contributed by atoms with Crippen molar-refractivity contribution in [3.05, 3.63) is 255 Å². The lowest BCUT2D eigenvalue weighted by Gasteiger charge is -2.10. The number of fused-ring (bicyclic) bond motifs is 20. The van der Waals surface area contributed by atoms with Crippen LogP contribution in [0.1, 0.15) is 0 Å². The van der Waals surface area contributed by atoms with E-state index in [-0.39, 0.29) is 0 Å². The van der Waals surface area contributed by atoms with E-state index < -0.39 is 0 Å². The number of para-hydroxylation sites is 4. The summed E-state index contributed by atoms with van der Waals surface area (Å²) in [7, 11) is 0. The third kappa shape index (κ3) is 7.08. The summed E-state index contributed by atoms with van der Waals surface area (Å²) < 4.78 is 22.7. The van der Waals surface area contributed by atoms with E-state index in [1.54, 1.807) is 0 Å². The van der Waals surface area contributed by atoms with Gasteiger partial charge in [-0.15, -0.1) is 22.7 Å². The minimum atomic E-state index is 0.679. The molecular formula is C76H42N6O2S2. The number of nitrogens with zero attached hydrogens (tertiary/aromatic N) is 6. The van der Waals surface area contributed by atoms with Crippen molar-refractivity contribution in [1.29, 1.82) is 0 Å². The molecule has 20 aromatic rings. The summed E-state index contributed by atoms with van der Waals surface area (Å²) in [5, 5.41) is 16.5. The van der Waals surface area contributed by atoms with Crippen LogP contribution in [0.2, 0.25) is 0 Å². The second-order valence-electron chi connectivity index (χ2n) is 22.0. The zero-order valence-electron chi connectivity index (χ0n) is 45.6. The van der Waals surface area contributed by atoms with Crippen LogP contribution in [-0.4, -0.2) is 29.1 Å². The lowest BCUT2D eigenvalue weighted by molar-refractivity contribution is 0.662. The number of benzene rings is 12. The van der Waals surface area contributed by atoms with E-state index in [0.29, 0.717) is 22.8 Å². The Hall–Kier alpha value is -11.0. The van der Waals surface area contributed by atoms with Crippen LogP contribution < -0.4 is 0 Å². The van der Waals surface area contributed by atoms with E-state index in [1.165, 1.54) is 83.4 Å². The highest BCUT2D eigenvalue weighted by atomic mass is 32.1. The summed E-state index contributed by atoms with van der Waals surface area (Å²) in [6.07, 6.45) is 0. The monoisotopic (exact) mass is 1130 g/mol. The molecule has 0 saturated heterocycles. The fourth-order valence-corrected chi connectivity index (χ4v) is 15.4. The van der Waals surface area contributed by atoms with Crippen LogP contribution in [-0.2, 0) is 0 Å². The molecule has 8 nitrogen and oxygen atoms in total. The molecule has 0 bridgehead atoms. The number of aromatic nitrogens is 6. The standard InChI is InChI=1S/2C38H21N3OS/c2*1-2-10-23-21-31-28(19-22(23)9-1)25-11-3-6-14-30(25)41(31)38-36-35(27-13-4-7-15-32(27)42-36)39-37(40-38)24-17-18-34-29(20-24)26-12-5-8-16-33(26)43-34/h2*1-21H. The molecular weight excluding hydrogens is 1090 g/mol. The Balaban J connectivity index is 0.000000126. The third-order valence-electron chi connectivity index (χ3n) is 17.2. The predicted molar refractivity (Wildman–Crippen MR) is 359 cm³/mol. The summed E-state index contributed by atoms with van der Waals surface area (Å²) in [4.78, 5) is 21.0. The second kappa shape index (κ2) is 18.2. The largest absolute Gasteiger partial charge is 0.450 e. The van der Waals surface area contributed by atoms with Crippen LogP contribution in [0.4, 0.5) is 0 Å². The van der Waals surface area contributed by atoms with Gasteiger partial charge in [-0.2, -0.15) is 0 Å². The van der Waals surface area contributed by atoms with Crippen LogP contribution in [0.15, 0.2) is 264 Å². The van der Waals surface area contributed by atoms with Gasteiger partial charge in [-0.25, -0.2) is 19.9 Å². The molecule has 0 unspecified atom stereocenters. The van der Waals surface area contributed by atoms with Gasteiger partial charge in [0, 0.05) is 83.8 Å². The average molecular weight is 1140 g/mol. The Morgan fingerprint density at radius 2 is 0.628 bits per heavy atom. The molecule has 86 heavy (non-hydrogen) atoms. The van der Waals surface area contributed by atoms with Crippen LogP contribution >= 0.6 is 22.7 Å². The molecule has 12 aromatic carbocycles. The SMILES string of the molecule is c1ccc2cc3c(cc2c1)c1ccccc1n3-c1nc(-c2ccc3sc4ccccc4c3c2)nc2c1oc1ccccc12.c1ccc2cc3c(cc2c1)c1ccccc1n3-c1nc(-c2ccc3sc4ccccc4c3c2)nc2c1oc1ccccc12. The summed E-state index contributed by atoms with van der Waals surface area (Å²) in [5.41, 5.74) is 10.9. The molecule has 20 rings (SSSR count). The van der Waals surface area contributed by atoms with Gasteiger partial charge in [0.05, 0.1) is 22.1 Å². The van der Waals surface area contributed by atoms with E-state index in [1.807, 2.05) is 59.1 Å². The first-order chi connectivity index (χ1) is 42.6. The third-order valence-corrected chi connectivity index (χ3v) is 19.5. The van der Waals surface area contributed by atoms with Crippen molar-refractivity contribution >= 4 is 172 Å². The van der Waals surface area contributed by atoms with Gasteiger partial charge >= 0.3 is 0 Å². The molecule has 8 aromatic heterocycles. The zero-order valence-corrected chi connectivity index (χ0v) is 47.2. The Labute approximate surface area is 496 Å². The first-order valence-corrected chi connectivity index (χ1v) is 30.3. The highest BCUT2D eigenvalue weighted by molar-refractivity contribution is 7.26. The molecule has 0 atom stereocenters. The highest BCUT2D eigenvalue weighted by Gasteiger charge is 2.25. The van der Waals surface area contributed by atoms with Gasteiger partial charge in [-0.05, 0) is 131 Å². The van der Waals surface area contributed by atoms with E-state index in [9.17, 15) is 0 Å². The van der Waals surface area contributed by atoms with Crippen molar-refractivity contribution in [2.75, 3.05) is 0 Å². The molecule has 0 aliphatic carbocycles. The maximum Gasteiger partial charge on any atom is 0.197 e. The van der Waals surface area contributed by atoms with Crippen LogP contribution in [0, 0.1) is 0 Å². The number of hydrogen-bond acceptors (Lipinski definition) is 8. The highest BCUT2D eigenvalue weighted by Crippen LogP contribution is 2.44. The minimum absolute atomic E-state index is 0.679. The van der Waals surface area contributed by atoms with Crippen LogP contribution in [0.5, 0.6) is 0 Å². The Kier molecular flexibility index (Phi) is 10.1. The Morgan fingerprint density at radius 1 is 0.267 bits per heavy atom. The molecule has 8 heterocycles. The lowest BCUT2D eigenvalue weighted by Crippen LogP contribution is -2.01. The maximum absolute atomic E-state index is 6.55. The molecule has 0 saturated carbocycles. The second-order valence-corrected chi connectivity index (χ2v) is 24.2. The van der Waals surface area contributed by atoms with Gasteiger partial charge in [0.2, 0.25) is 0 Å². The van der Waals surface area contributed by atoms with Crippen molar-refractivity contribution in [2.45, 2.75) is 0 Å². The fourth-order valence-electron chi connectivity index (χ4n) is 13.2. The molecule has 0 aliphatic heterocycles. The summed E-state index contributed by atoms with van der Waals surface area (Å²) >= 11 is 3.63. The molecule has 0 spiro atoms. The van der Waals surface area contributed by atoms with Crippen molar-refractivity contribution in [3.8, 4) is 34.4 Å². The number of rotatable bonds is 4. The fraction of sp³-hybridized carbons (Fsp3) is 0. The molecule has 0 N–H and O–H groups in total.